The normalized spacial score (nSPS) is 13.3. The first-order chi connectivity index (χ1) is 9.73. The van der Waals surface area contributed by atoms with Crippen LogP contribution < -0.4 is 9.47 Å². The summed E-state index contributed by atoms with van der Waals surface area (Å²) < 4.78 is 70.0. The second-order valence-corrected chi connectivity index (χ2v) is 4.19. The average molecular weight is 314 g/mol. The molecule has 0 radical (unpaired) electrons. The Labute approximate surface area is 118 Å². The highest BCUT2D eigenvalue weighted by Gasteiger charge is 2.28. The van der Waals surface area contributed by atoms with Crippen LogP contribution in [0.4, 0.5) is 22.0 Å². The quantitative estimate of drug-likeness (QED) is 0.771. The summed E-state index contributed by atoms with van der Waals surface area (Å²) in [6, 6.07) is 3.55. The lowest BCUT2D eigenvalue weighted by atomic mass is 10.0. The zero-order valence-corrected chi connectivity index (χ0v) is 11.2. The summed E-state index contributed by atoms with van der Waals surface area (Å²) >= 11 is 0. The Balaban J connectivity index is 2.86. The molecule has 0 heterocycles. The van der Waals surface area contributed by atoms with Crippen LogP contribution in [-0.2, 0) is 0 Å². The van der Waals surface area contributed by atoms with Gasteiger partial charge in [0.25, 0.3) is 0 Å². The van der Waals surface area contributed by atoms with Crippen LogP contribution in [0.15, 0.2) is 18.2 Å². The van der Waals surface area contributed by atoms with Crippen molar-refractivity contribution in [1.82, 2.24) is 0 Å². The van der Waals surface area contributed by atoms with Gasteiger partial charge in [-0.25, -0.2) is 0 Å². The Bertz CT molecular complexity index is 448. The molecule has 21 heavy (non-hydrogen) atoms. The fraction of sp³-hybridized carbons (Fsp3) is 0.538. The fourth-order valence-electron chi connectivity index (χ4n) is 1.66. The van der Waals surface area contributed by atoms with Crippen molar-refractivity contribution in [1.29, 1.82) is 0 Å². The number of hydrogen-bond acceptors (Lipinski definition) is 3. The molecule has 0 aliphatic carbocycles. The van der Waals surface area contributed by atoms with Crippen molar-refractivity contribution in [2.45, 2.75) is 38.7 Å². The van der Waals surface area contributed by atoms with Gasteiger partial charge in [0.2, 0.25) is 0 Å². The maximum Gasteiger partial charge on any atom is 0.389 e. The van der Waals surface area contributed by atoms with Gasteiger partial charge in [-0.15, -0.1) is 0 Å². The molecule has 1 atom stereocenters. The van der Waals surface area contributed by atoms with Crippen LogP contribution in [-0.4, -0.2) is 24.5 Å². The predicted octanol–water partition coefficient (Wildman–Crippen LogP) is 4.06. The van der Waals surface area contributed by atoms with Gasteiger partial charge in [0, 0.05) is 6.42 Å². The van der Waals surface area contributed by atoms with Gasteiger partial charge >= 0.3 is 12.8 Å². The summed E-state index contributed by atoms with van der Waals surface area (Å²) in [6.07, 6.45) is -7.41. The van der Waals surface area contributed by atoms with Gasteiger partial charge in [-0.1, -0.05) is 6.07 Å². The number of benzene rings is 1. The number of alkyl halides is 5. The molecule has 0 aliphatic rings. The number of halogens is 5. The van der Waals surface area contributed by atoms with Crippen molar-refractivity contribution in [3.63, 3.8) is 0 Å². The Morgan fingerprint density at radius 1 is 1.19 bits per heavy atom. The summed E-state index contributed by atoms with van der Waals surface area (Å²) in [5.41, 5.74) is 0.143. The molecule has 8 heteroatoms. The lowest BCUT2D eigenvalue weighted by molar-refractivity contribution is -0.140. The Morgan fingerprint density at radius 3 is 2.38 bits per heavy atom. The molecule has 0 aromatic heterocycles. The summed E-state index contributed by atoms with van der Waals surface area (Å²) in [7, 11) is 0. The second kappa shape index (κ2) is 7.44. The standard InChI is InChI=1S/C13H15F5O3/c1-2-20-11-7-8(3-4-10(11)21-12(14)15)9(19)5-6-13(16,17)18/h3-4,7,9,12,19H,2,5-6H2,1H3. The van der Waals surface area contributed by atoms with Gasteiger partial charge in [-0.2, -0.15) is 22.0 Å². The molecule has 1 N–H and O–H groups in total. The smallest absolute Gasteiger partial charge is 0.389 e. The van der Waals surface area contributed by atoms with Crippen LogP contribution >= 0.6 is 0 Å². The van der Waals surface area contributed by atoms with Crippen LogP contribution in [0.5, 0.6) is 11.5 Å². The van der Waals surface area contributed by atoms with E-state index in [9.17, 15) is 27.1 Å². The minimum atomic E-state index is -4.37. The van der Waals surface area contributed by atoms with E-state index in [0.717, 1.165) is 6.07 Å². The summed E-state index contributed by atoms with van der Waals surface area (Å²) in [4.78, 5) is 0. The van der Waals surface area contributed by atoms with E-state index >= 15 is 0 Å². The van der Waals surface area contributed by atoms with Crippen molar-refractivity contribution in [3.8, 4) is 11.5 Å². The van der Waals surface area contributed by atoms with E-state index in [4.69, 9.17) is 4.74 Å². The zero-order chi connectivity index (χ0) is 16.0. The molecule has 1 aromatic rings. The number of aliphatic hydroxyl groups is 1. The summed E-state index contributed by atoms with van der Waals surface area (Å²) in [6.45, 7) is -1.29. The maximum absolute atomic E-state index is 12.2. The van der Waals surface area contributed by atoms with Gasteiger partial charge in [0.1, 0.15) is 0 Å². The van der Waals surface area contributed by atoms with Crippen LogP contribution in [0.25, 0.3) is 0 Å². The van der Waals surface area contributed by atoms with E-state index in [1.807, 2.05) is 0 Å². The van der Waals surface area contributed by atoms with Crippen molar-refractivity contribution in [2.24, 2.45) is 0 Å². The van der Waals surface area contributed by atoms with Gasteiger partial charge in [-0.3, -0.25) is 0 Å². The lowest BCUT2D eigenvalue weighted by Crippen LogP contribution is -2.10. The van der Waals surface area contributed by atoms with Gasteiger partial charge < -0.3 is 14.6 Å². The molecule has 120 valence electrons. The number of rotatable bonds is 7. The Morgan fingerprint density at radius 2 is 1.86 bits per heavy atom. The molecule has 0 aliphatic heterocycles. The van der Waals surface area contributed by atoms with Gasteiger partial charge in [0.05, 0.1) is 12.7 Å². The molecule has 0 saturated heterocycles. The molecule has 0 spiro atoms. The highest BCUT2D eigenvalue weighted by atomic mass is 19.4. The third kappa shape index (κ3) is 6.16. The number of hydrogen-bond donors (Lipinski definition) is 1. The third-order valence-electron chi connectivity index (χ3n) is 2.57. The Kier molecular flexibility index (Phi) is 6.19. The highest BCUT2D eigenvalue weighted by Crippen LogP contribution is 2.34. The first-order valence-electron chi connectivity index (χ1n) is 6.19. The molecule has 0 saturated carbocycles. The second-order valence-electron chi connectivity index (χ2n) is 4.19. The molecular weight excluding hydrogens is 299 g/mol. The van der Waals surface area contributed by atoms with Crippen molar-refractivity contribution >= 4 is 0 Å². The third-order valence-corrected chi connectivity index (χ3v) is 2.57. The highest BCUT2D eigenvalue weighted by molar-refractivity contribution is 5.43. The largest absolute Gasteiger partial charge is 0.490 e. The topological polar surface area (TPSA) is 38.7 Å². The Hall–Kier alpha value is -1.57. The monoisotopic (exact) mass is 314 g/mol. The van der Waals surface area contributed by atoms with Gasteiger partial charge in [-0.05, 0) is 31.0 Å². The molecule has 0 amide bonds. The predicted molar refractivity (Wildman–Crippen MR) is 64.5 cm³/mol. The first kappa shape index (κ1) is 17.5. The molecule has 0 bridgehead atoms. The SMILES string of the molecule is CCOc1cc(C(O)CCC(F)(F)F)ccc1OC(F)F. The van der Waals surface area contributed by atoms with Crippen LogP contribution in [0.2, 0.25) is 0 Å². The molecule has 1 aromatic carbocycles. The maximum atomic E-state index is 12.2. The number of aliphatic hydroxyl groups excluding tert-OH is 1. The summed E-state index contributed by atoms with van der Waals surface area (Å²) in [5.74, 6) is -0.292. The minimum absolute atomic E-state index is 0.0543. The van der Waals surface area contributed by atoms with E-state index < -0.39 is 31.7 Å². The zero-order valence-electron chi connectivity index (χ0n) is 11.2. The fourth-order valence-corrected chi connectivity index (χ4v) is 1.66. The van der Waals surface area contributed by atoms with Gasteiger partial charge in [0.15, 0.2) is 11.5 Å². The van der Waals surface area contributed by atoms with Crippen molar-refractivity contribution in [2.75, 3.05) is 6.61 Å². The molecule has 3 nitrogen and oxygen atoms in total. The van der Waals surface area contributed by atoms with E-state index in [2.05, 4.69) is 4.74 Å². The molecule has 1 unspecified atom stereocenters. The number of ether oxygens (including phenoxy) is 2. The van der Waals surface area contributed by atoms with Crippen molar-refractivity contribution in [3.05, 3.63) is 23.8 Å². The average Bonchev–Trinajstić information content (AvgIpc) is 2.37. The lowest BCUT2D eigenvalue weighted by Gasteiger charge is -2.16. The van der Waals surface area contributed by atoms with Crippen LogP contribution in [0.3, 0.4) is 0 Å². The van der Waals surface area contributed by atoms with E-state index in [1.54, 1.807) is 6.92 Å². The molecule has 1 rings (SSSR count). The molecule has 0 fully saturated rings. The van der Waals surface area contributed by atoms with Crippen molar-refractivity contribution < 1.29 is 36.5 Å². The van der Waals surface area contributed by atoms with E-state index in [1.165, 1.54) is 12.1 Å². The van der Waals surface area contributed by atoms with E-state index in [0.29, 0.717) is 0 Å². The minimum Gasteiger partial charge on any atom is -0.490 e. The summed E-state index contributed by atoms with van der Waals surface area (Å²) in [5, 5.41) is 9.70. The van der Waals surface area contributed by atoms with Crippen LogP contribution in [0, 0.1) is 0 Å². The van der Waals surface area contributed by atoms with E-state index in [-0.39, 0.29) is 23.7 Å². The van der Waals surface area contributed by atoms with Crippen LogP contribution in [0.1, 0.15) is 31.4 Å². The first-order valence-corrected chi connectivity index (χ1v) is 6.19. The molecular formula is C13H15F5O3.